The van der Waals surface area contributed by atoms with E-state index >= 15 is 0 Å². The third-order valence-electron chi connectivity index (χ3n) is 3.23. The van der Waals surface area contributed by atoms with Crippen molar-refractivity contribution in [2.45, 2.75) is 37.7 Å². The number of carbonyl (C=O) groups is 1. The molecule has 0 aromatic heterocycles. The van der Waals surface area contributed by atoms with Gasteiger partial charge >= 0.3 is 5.97 Å². The molecule has 1 aliphatic heterocycles. The summed E-state index contributed by atoms with van der Waals surface area (Å²) < 4.78 is 1.03. The Bertz CT molecular complexity index is 487. The molecule has 0 aliphatic carbocycles. The lowest BCUT2D eigenvalue weighted by atomic mass is 10.0. The van der Waals surface area contributed by atoms with Crippen LogP contribution in [0.3, 0.4) is 0 Å². The average Bonchev–Trinajstić information content (AvgIpc) is 2.73. The molecule has 0 bridgehead atoms. The largest absolute Gasteiger partial charge is 0.480 e. The number of hydrogen-bond acceptors (Lipinski definition) is 3. The molecule has 104 valence electrons. The zero-order chi connectivity index (χ0) is 14.2. The molecule has 0 spiro atoms. The van der Waals surface area contributed by atoms with Crippen LogP contribution in [0.4, 0.5) is 0 Å². The smallest absolute Gasteiger partial charge is 0.321 e. The molecule has 0 unspecified atom stereocenters. The van der Waals surface area contributed by atoms with Gasteiger partial charge in [0.25, 0.3) is 0 Å². The second-order valence-corrected chi connectivity index (χ2v) is 7.61. The van der Waals surface area contributed by atoms with E-state index in [1.807, 2.05) is 18.2 Å². The van der Waals surface area contributed by atoms with Crippen molar-refractivity contribution in [1.82, 2.24) is 4.90 Å². The molecule has 1 aromatic rings. The Morgan fingerprint density at radius 2 is 2.05 bits per heavy atom. The minimum Gasteiger partial charge on any atom is -0.480 e. The third-order valence-corrected chi connectivity index (χ3v) is 5.26. The molecule has 0 amide bonds. The minimum atomic E-state index is -0.739. The molecule has 3 nitrogen and oxygen atoms in total. The van der Waals surface area contributed by atoms with Gasteiger partial charge in [0.1, 0.15) is 6.04 Å². The first-order chi connectivity index (χ1) is 8.82. The molecule has 0 saturated carbocycles. The van der Waals surface area contributed by atoms with Gasteiger partial charge < -0.3 is 5.11 Å². The molecule has 0 radical (unpaired) electrons. The Hall–Kier alpha value is -0.520. The van der Waals surface area contributed by atoms with E-state index in [-0.39, 0.29) is 10.9 Å². The van der Waals surface area contributed by atoms with Crippen LogP contribution >= 0.6 is 27.7 Å². The summed E-state index contributed by atoms with van der Waals surface area (Å²) >= 11 is 5.27. The number of rotatable bonds is 2. The van der Waals surface area contributed by atoms with E-state index in [9.17, 15) is 9.90 Å². The van der Waals surface area contributed by atoms with Crippen molar-refractivity contribution in [3.63, 3.8) is 0 Å². The molecular formula is C14H18BrNO2S. The van der Waals surface area contributed by atoms with Gasteiger partial charge in [-0.3, -0.25) is 9.69 Å². The van der Waals surface area contributed by atoms with E-state index in [0.717, 1.165) is 10.0 Å². The number of thioether (sulfide) groups is 1. The maximum Gasteiger partial charge on any atom is 0.321 e. The van der Waals surface area contributed by atoms with Gasteiger partial charge in [-0.2, -0.15) is 0 Å². The lowest BCUT2D eigenvalue weighted by molar-refractivity contribution is -0.144. The Kier molecular flexibility index (Phi) is 4.28. The second-order valence-electron chi connectivity index (χ2n) is 5.64. The van der Waals surface area contributed by atoms with Gasteiger partial charge in [-0.15, -0.1) is 11.8 Å². The zero-order valence-corrected chi connectivity index (χ0v) is 13.7. The van der Waals surface area contributed by atoms with Gasteiger partial charge in [-0.25, -0.2) is 0 Å². The van der Waals surface area contributed by atoms with Crippen LogP contribution < -0.4 is 0 Å². The van der Waals surface area contributed by atoms with Crippen molar-refractivity contribution >= 4 is 33.7 Å². The topological polar surface area (TPSA) is 40.5 Å². The van der Waals surface area contributed by atoms with Gasteiger partial charge in [-0.1, -0.05) is 34.1 Å². The summed E-state index contributed by atoms with van der Waals surface area (Å²) in [6, 6.07) is 7.61. The van der Waals surface area contributed by atoms with Crippen LogP contribution in [0.5, 0.6) is 0 Å². The molecule has 2 atom stereocenters. The lowest BCUT2D eigenvalue weighted by Crippen LogP contribution is -2.49. The van der Waals surface area contributed by atoms with Crippen LogP contribution in [0.15, 0.2) is 28.7 Å². The Balaban J connectivity index is 2.41. The van der Waals surface area contributed by atoms with Crippen LogP contribution in [-0.4, -0.2) is 33.3 Å². The maximum absolute atomic E-state index is 11.5. The normalized spacial score (nSPS) is 24.6. The quantitative estimate of drug-likeness (QED) is 0.887. The first-order valence-corrected chi connectivity index (χ1v) is 8.04. The fraction of sp³-hybridized carbons (Fsp3) is 0.500. The van der Waals surface area contributed by atoms with E-state index in [0.29, 0.717) is 5.75 Å². The van der Waals surface area contributed by atoms with Gasteiger partial charge in [0.05, 0.1) is 5.37 Å². The number of hydrogen-bond donors (Lipinski definition) is 1. The van der Waals surface area contributed by atoms with Crippen molar-refractivity contribution in [2.24, 2.45) is 0 Å². The monoisotopic (exact) mass is 343 g/mol. The summed E-state index contributed by atoms with van der Waals surface area (Å²) in [7, 11) is 0. The second kappa shape index (κ2) is 5.46. The highest BCUT2D eigenvalue weighted by molar-refractivity contribution is 9.10. The molecule has 19 heavy (non-hydrogen) atoms. The fourth-order valence-corrected chi connectivity index (χ4v) is 4.76. The predicted molar refractivity (Wildman–Crippen MR) is 82.4 cm³/mol. The number of halogens is 1. The summed E-state index contributed by atoms with van der Waals surface area (Å²) in [6.45, 7) is 6.20. The van der Waals surface area contributed by atoms with Crippen LogP contribution in [0, 0.1) is 0 Å². The number of nitrogens with zero attached hydrogens (tertiary/aromatic N) is 1. The average molecular weight is 344 g/mol. The van der Waals surface area contributed by atoms with Gasteiger partial charge in [0.2, 0.25) is 0 Å². The first kappa shape index (κ1) is 14.9. The Labute approximate surface area is 126 Å². The van der Waals surface area contributed by atoms with Gasteiger partial charge in [0.15, 0.2) is 0 Å². The lowest BCUT2D eigenvalue weighted by Gasteiger charge is -2.39. The SMILES string of the molecule is CC(C)(C)N1[C@@H](c2ccccc2Br)SC[C@H]1C(=O)O. The highest BCUT2D eigenvalue weighted by Crippen LogP contribution is 2.47. The molecule has 1 N–H and O–H groups in total. The minimum absolute atomic E-state index is 0.0803. The van der Waals surface area contributed by atoms with Crippen LogP contribution in [-0.2, 0) is 4.79 Å². The van der Waals surface area contributed by atoms with Crippen LogP contribution in [0.1, 0.15) is 31.7 Å². The Morgan fingerprint density at radius 3 is 2.58 bits per heavy atom. The van der Waals surface area contributed by atoms with Gasteiger partial charge in [-0.05, 0) is 32.4 Å². The summed E-state index contributed by atoms with van der Waals surface area (Å²) in [5.41, 5.74) is 0.957. The third kappa shape index (κ3) is 2.98. The van der Waals surface area contributed by atoms with E-state index in [2.05, 4.69) is 47.7 Å². The first-order valence-electron chi connectivity index (χ1n) is 6.19. The van der Waals surface area contributed by atoms with Crippen LogP contribution in [0.25, 0.3) is 0 Å². The van der Waals surface area contributed by atoms with E-state index in [1.54, 1.807) is 11.8 Å². The molecule has 5 heteroatoms. The zero-order valence-electron chi connectivity index (χ0n) is 11.3. The van der Waals surface area contributed by atoms with E-state index in [4.69, 9.17) is 0 Å². The number of benzene rings is 1. The molecule has 1 saturated heterocycles. The predicted octanol–water partition coefficient (Wildman–Crippen LogP) is 3.75. The van der Waals surface area contributed by atoms with Crippen molar-refractivity contribution < 1.29 is 9.90 Å². The van der Waals surface area contributed by atoms with Crippen LogP contribution in [0.2, 0.25) is 0 Å². The number of carboxylic acid groups (broad SMARTS) is 1. The Morgan fingerprint density at radius 1 is 1.42 bits per heavy atom. The highest BCUT2D eigenvalue weighted by Gasteiger charge is 2.45. The molecule has 2 rings (SSSR count). The molecule has 1 aliphatic rings. The van der Waals surface area contributed by atoms with E-state index < -0.39 is 12.0 Å². The van der Waals surface area contributed by atoms with Crippen molar-refractivity contribution in [3.05, 3.63) is 34.3 Å². The summed E-state index contributed by atoms with van der Waals surface area (Å²) in [5.74, 6) is -0.115. The summed E-state index contributed by atoms with van der Waals surface area (Å²) in [6.07, 6.45) is 0. The molecular weight excluding hydrogens is 326 g/mol. The van der Waals surface area contributed by atoms with Crippen molar-refractivity contribution in [3.8, 4) is 0 Å². The van der Waals surface area contributed by atoms with Crippen molar-refractivity contribution in [2.75, 3.05) is 5.75 Å². The maximum atomic E-state index is 11.5. The summed E-state index contributed by atoms with van der Waals surface area (Å²) in [4.78, 5) is 13.6. The number of carboxylic acids is 1. The number of aliphatic carboxylic acids is 1. The molecule has 1 fully saturated rings. The van der Waals surface area contributed by atoms with E-state index in [1.165, 1.54) is 0 Å². The molecule has 1 heterocycles. The van der Waals surface area contributed by atoms with Gasteiger partial charge in [0, 0.05) is 15.8 Å². The summed E-state index contributed by atoms with van der Waals surface area (Å²) in [5, 5.41) is 9.49. The van der Waals surface area contributed by atoms with Crippen molar-refractivity contribution in [1.29, 1.82) is 0 Å². The highest BCUT2D eigenvalue weighted by atomic mass is 79.9. The standard InChI is InChI=1S/C14H18BrNO2S/c1-14(2,3)16-11(13(17)18)8-19-12(16)9-6-4-5-7-10(9)15/h4-7,11-12H,8H2,1-3H3,(H,17,18)/t11-,12+/m0/s1. The fourth-order valence-electron chi connectivity index (χ4n) is 2.43. The molecule has 1 aromatic carbocycles.